The number of para-hydroxylation sites is 1. The van der Waals surface area contributed by atoms with E-state index in [-0.39, 0.29) is 0 Å². The first-order valence-electron chi connectivity index (χ1n) is 6.40. The fourth-order valence-electron chi connectivity index (χ4n) is 2.92. The number of aromatic nitrogens is 2. The summed E-state index contributed by atoms with van der Waals surface area (Å²) in [5.41, 5.74) is 3.73. The molecule has 1 aliphatic rings. The van der Waals surface area contributed by atoms with E-state index in [9.17, 15) is 0 Å². The van der Waals surface area contributed by atoms with Gasteiger partial charge in [0, 0.05) is 19.5 Å². The highest BCUT2D eigenvalue weighted by Crippen LogP contribution is 2.27. The zero-order chi connectivity index (χ0) is 11.8. The summed E-state index contributed by atoms with van der Waals surface area (Å²) in [5, 5.41) is 3.47. The third-order valence-electron chi connectivity index (χ3n) is 3.79. The van der Waals surface area contributed by atoms with Crippen LogP contribution in [0.25, 0.3) is 11.0 Å². The molecule has 2 heterocycles. The number of imidazole rings is 1. The summed E-state index contributed by atoms with van der Waals surface area (Å²) in [6.07, 6.45) is 2.51. The van der Waals surface area contributed by atoms with Gasteiger partial charge in [-0.15, -0.1) is 0 Å². The van der Waals surface area contributed by atoms with Crippen molar-refractivity contribution in [2.45, 2.75) is 25.7 Å². The number of rotatable bonds is 1. The molecule has 1 atom stereocenters. The summed E-state index contributed by atoms with van der Waals surface area (Å²) in [5.74, 6) is 1.81. The van der Waals surface area contributed by atoms with Gasteiger partial charge in [-0.2, -0.15) is 0 Å². The molecule has 0 bridgehead atoms. The number of nitrogens with one attached hydrogen (secondary N) is 1. The number of hydrogen-bond acceptors (Lipinski definition) is 2. The number of piperidine rings is 1. The first kappa shape index (κ1) is 10.8. The molecule has 90 valence electrons. The van der Waals surface area contributed by atoms with Gasteiger partial charge in [0.05, 0.1) is 11.0 Å². The van der Waals surface area contributed by atoms with E-state index in [2.05, 4.69) is 42.1 Å². The molecule has 0 saturated carbocycles. The van der Waals surface area contributed by atoms with Crippen LogP contribution in [0.3, 0.4) is 0 Å². The molecule has 2 aromatic rings. The highest BCUT2D eigenvalue weighted by molar-refractivity contribution is 5.79. The Hall–Kier alpha value is -1.35. The maximum atomic E-state index is 4.82. The Morgan fingerprint density at radius 1 is 1.41 bits per heavy atom. The maximum Gasteiger partial charge on any atom is 0.114 e. The van der Waals surface area contributed by atoms with Gasteiger partial charge in [-0.1, -0.05) is 12.1 Å². The number of aryl methyl sites for hydroxylation is 2. The maximum absolute atomic E-state index is 4.82. The zero-order valence-corrected chi connectivity index (χ0v) is 10.5. The molecule has 1 unspecified atom stereocenters. The van der Waals surface area contributed by atoms with Crippen LogP contribution in [-0.2, 0) is 7.05 Å². The van der Waals surface area contributed by atoms with Gasteiger partial charge in [-0.25, -0.2) is 4.98 Å². The van der Waals surface area contributed by atoms with Crippen molar-refractivity contribution in [3.05, 3.63) is 29.6 Å². The predicted octanol–water partition coefficient (Wildman–Crippen LogP) is 2.35. The lowest BCUT2D eigenvalue weighted by Crippen LogP contribution is -2.29. The minimum atomic E-state index is 0.570. The summed E-state index contributed by atoms with van der Waals surface area (Å²) in [4.78, 5) is 4.82. The number of benzene rings is 1. The number of hydrogen-bond donors (Lipinski definition) is 1. The van der Waals surface area contributed by atoms with Crippen molar-refractivity contribution in [2.24, 2.45) is 7.05 Å². The second kappa shape index (κ2) is 4.15. The minimum Gasteiger partial charge on any atom is -0.331 e. The highest BCUT2D eigenvalue weighted by Gasteiger charge is 2.21. The Morgan fingerprint density at radius 2 is 2.29 bits per heavy atom. The number of nitrogens with zero attached hydrogens (tertiary/aromatic N) is 2. The van der Waals surface area contributed by atoms with Crippen LogP contribution in [0.2, 0.25) is 0 Å². The average molecular weight is 229 g/mol. The first-order chi connectivity index (χ1) is 8.27. The molecule has 1 aromatic carbocycles. The lowest BCUT2D eigenvalue weighted by atomic mass is 9.99. The Morgan fingerprint density at radius 3 is 3.00 bits per heavy atom. The molecule has 1 N–H and O–H groups in total. The van der Waals surface area contributed by atoms with E-state index in [1.807, 2.05) is 0 Å². The van der Waals surface area contributed by atoms with Gasteiger partial charge in [0.15, 0.2) is 0 Å². The molecule has 1 aliphatic heterocycles. The van der Waals surface area contributed by atoms with E-state index in [0.717, 1.165) is 18.6 Å². The highest BCUT2D eigenvalue weighted by atomic mass is 15.1. The molecular formula is C14H19N3. The summed E-state index contributed by atoms with van der Waals surface area (Å²) in [6.45, 7) is 4.38. The molecule has 1 saturated heterocycles. The van der Waals surface area contributed by atoms with Crippen molar-refractivity contribution >= 4 is 11.0 Å². The molecule has 0 amide bonds. The van der Waals surface area contributed by atoms with Crippen LogP contribution in [0.4, 0.5) is 0 Å². The molecule has 1 fully saturated rings. The molecular weight excluding hydrogens is 210 g/mol. The Labute approximate surface area is 102 Å². The second-order valence-electron chi connectivity index (χ2n) is 5.01. The lowest BCUT2D eigenvalue weighted by molar-refractivity contribution is 0.440. The monoisotopic (exact) mass is 229 g/mol. The summed E-state index contributed by atoms with van der Waals surface area (Å²) >= 11 is 0. The van der Waals surface area contributed by atoms with Crippen molar-refractivity contribution in [1.82, 2.24) is 14.9 Å². The normalized spacial score (nSPS) is 20.9. The van der Waals surface area contributed by atoms with Gasteiger partial charge in [-0.05, 0) is 37.9 Å². The van der Waals surface area contributed by atoms with E-state index in [4.69, 9.17) is 4.98 Å². The SMILES string of the molecule is Cc1cccc2nc(C3CCCNC3)n(C)c12. The van der Waals surface area contributed by atoms with Gasteiger partial charge < -0.3 is 9.88 Å². The van der Waals surface area contributed by atoms with Crippen molar-refractivity contribution < 1.29 is 0 Å². The van der Waals surface area contributed by atoms with Crippen molar-refractivity contribution in [1.29, 1.82) is 0 Å². The second-order valence-corrected chi connectivity index (χ2v) is 5.01. The van der Waals surface area contributed by atoms with Gasteiger partial charge in [0.25, 0.3) is 0 Å². The van der Waals surface area contributed by atoms with Crippen molar-refractivity contribution in [2.75, 3.05) is 13.1 Å². The standard InChI is InChI=1S/C14H19N3/c1-10-5-3-7-12-13(10)17(2)14(16-12)11-6-4-8-15-9-11/h3,5,7,11,15H,4,6,8-9H2,1-2H3. The quantitative estimate of drug-likeness (QED) is 0.813. The van der Waals surface area contributed by atoms with Crippen LogP contribution in [0.5, 0.6) is 0 Å². The summed E-state index contributed by atoms with van der Waals surface area (Å²) < 4.78 is 2.28. The largest absolute Gasteiger partial charge is 0.331 e. The van der Waals surface area contributed by atoms with Crippen molar-refractivity contribution in [3.63, 3.8) is 0 Å². The zero-order valence-electron chi connectivity index (χ0n) is 10.5. The van der Waals surface area contributed by atoms with Crippen LogP contribution in [0.1, 0.15) is 30.1 Å². The smallest absolute Gasteiger partial charge is 0.114 e. The van der Waals surface area contributed by atoms with Crippen LogP contribution < -0.4 is 5.32 Å². The third-order valence-corrected chi connectivity index (χ3v) is 3.79. The van der Waals surface area contributed by atoms with Crippen molar-refractivity contribution in [3.8, 4) is 0 Å². The molecule has 0 spiro atoms. The molecule has 3 rings (SSSR count). The first-order valence-corrected chi connectivity index (χ1v) is 6.40. The molecule has 1 aromatic heterocycles. The molecule has 0 radical (unpaired) electrons. The predicted molar refractivity (Wildman–Crippen MR) is 70.3 cm³/mol. The van der Waals surface area contributed by atoms with E-state index in [1.165, 1.54) is 29.7 Å². The minimum absolute atomic E-state index is 0.570. The van der Waals surface area contributed by atoms with E-state index >= 15 is 0 Å². The van der Waals surface area contributed by atoms with Gasteiger partial charge in [0.2, 0.25) is 0 Å². The summed E-state index contributed by atoms with van der Waals surface area (Å²) in [7, 11) is 2.15. The molecule has 3 heteroatoms. The summed E-state index contributed by atoms with van der Waals surface area (Å²) in [6, 6.07) is 6.36. The Bertz CT molecular complexity index is 536. The van der Waals surface area contributed by atoms with Crippen LogP contribution in [0.15, 0.2) is 18.2 Å². The van der Waals surface area contributed by atoms with E-state index in [0.29, 0.717) is 5.92 Å². The molecule has 3 nitrogen and oxygen atoms in total. The fourth-order valence-corrected chi connectivity index (χ4v) is 2.92. The topological polar surface area (TPSA) is 29.9 Å². The Balaban J connectivity index is 2.10. The number of fused-ring (bicyclic) bond motifs is 1. The third kappa shape index (κ3) is 1.75. The van der Waals surface area contributed by atoms with Crippen LogP contribution in [-0.4, -0.2) is 22.6 Å². The van der Waals surface area contributed by atoms with Crippen LogP contribution in [0, 0.1) is 6.92 Å². The van der Waals surface area contributed by atoms with Gasteiger partial charge in [0.1, 0.15) is 5.82 Å². The van der Waals surface area contributed by atoms with E-state index in [1.54, 1.807) is 0 Å². The van der Waals surface area contributed by atoms with Gasteiger partial charge in [-0.3, -0.25) is 0 Å². The molecule has 0 aliphatic carbocycles. The lowest BCUT2D eigenvalue weighted by Gasteiger charge is -2.22. The fraction of sp³-hybridized carbons (Fsp3) is 0.500. The average Bonchev–Trinajstić information content (AvgIpc) is 2.69. The van der Waals surface area contributed by atoms with Crippen LogP contribution >= 0.6 is 0 Å². The Kier molecular flexibility index (Phi) is 2.63. The van der Waals surface area contributed by atoms with Gasteiger partial charge >= 0.3 is 0 Å². The molecule has 17 heavy (non-hydrogen) atoms. The van der Waals surface area contributed by atoms with E-state index < -0.39 is 0 Å².